The van der Waals surface area contributed by atoms with Crippen LogP contribution in [0.25, 0.3) is 5.69 Å². The summed E-state index contributed by atoms with van der Waals surface area (Å²) in [6, 6.07) is 7.49. The number of aromatic nitrogens is 3. The lowest BCUT2D eigenvalue weighted by molar-refractivity contribution is 0.346. The topological polar surface area (TPSA) is 131 Å². The number of sulfone groups is 1. The molecule has 0 saturated heterocycles. The van der Waals surface area contributed by atoms with Crippen LogP contribution in [0, 0.1) is 19.8 Å². The van der Waals surface area contributed by atoms with E-state index in [2.05, 4.69) is 10.1 Å². The van der Waals surface area contributed by atoms with Gasteiger partial charge in [0.05, 0.1) is 11.4 Å². The highest BCUT2D eigenvalue weighted by Gasteiger charge is 2.28. The molecule has 1 fully saturated rings. The fourth-order valence-corrected chi connectivity index (χ4v) is 5.55. The first kappa shape index (κ1) is 21.8. The van der Waals surface area contributed by atoms with Crippen LogP contribution >= 0.6 is 0 Å². The average molecular weight is 458 g/mol. The molecule has 3 aromatic rings. The van der Waals surface area contributed by atoms with Crippen molar-refractivity contribution in [2.45, 2.75) is 38.0 Å². The average Bonchev–Trinajstić information content (AvgIpc) is 2.68. The number of aromatic hydroxyl groups is 1. The highest BCUT2D eigenvalue weighted by molar-refractivity contribution is 7.91. The predicted molar refractivity (Wildman–Crippen MR) is 118 cm³/mol. The number of aryl methyl sites for hydroxylation is 2. The number of aromatic amines is 1. The predicted octanol–water partition coefficient (Wildman–Crippen LogP) is 2.61. The third kappa shape index (κ3) is 4.31. The maximum absolute atomic E-state index is 12.8. The number of nitrogens with zero attached hydrogens (tertiary/aromatic N) is 2. The second kappa shape index (κ2) is 8.27. The minimum Gasteiger partial charge on any atom is -0.507 e. The summed E-state index contributed by atoms with van der Waals surface area (Å²) in [6.45, 7) is 3.55. The van der Waals surface area contributed by atoms with Crippen molar-refractivity contribution in [3.8, 4) is 22.9 Å². The van der Waals surface area contributed by atoms with E-state index in [4.69, 9.17) is 4.74 Å². The lowest BCUT2D eigenvalue weighted by atomic mass is 9.87. The first-order valence-electron chi connectivity index (χ1n) is 10.2. The fourth-order valence-electron chi connectivity index (χ4n) is 3.73. The SMILES string of the molecule is Cc1cc(-n2ncc(=O)[nH]c2=O)cc(C)c1Oc1ccc(O)c(S(=O)(=O)CC2CCC2)c1. The van der Waals surface area contributed by atoms with Crippen molar-refractivity contribution in [1.29, 1.82) is 0 Å². The molecule has 168 valence electrons. The zero-order valence-electron chi connectivity index (χ0n) is 17.7. The van der Waals surface area contributed by atoms with Crippen LogP contribution in [0.15, 0.2) is 51.0 Å². The summed E-state index contributed by atoms with van der Waals surface area (Å²) in [6.07, 6.45) is 3.81. The van der Waals surface area contributed by atoms with E-state index < -0.39 is 21.1 Å². The molecule has 2 N–H and O–H groups in total. The molecule has 0 aliphatic heterocycles. The number of phenols is 1. The van der Waals surface area contributed by atoms with Gasteiger partial charge in [0.1, 0.15) is 28.3 Å². The monoisotopic (exact) mass is 457 g/mol. The van der Waals surface area contributed by atoms with Crippen LogP contribution in [0.3, 0.4) is 0 Å². The molecule has 1 heterocycles. The van der Waals surface area contributed by atoms with E-state index >= 15 is 0 Å². The Hall–Kier alpha value is -3.40. The van der Waals surface area contributed by atoms with Gasteiger partial charge < -0.3 is 9.84 Å². The second-order valence-corrected chi connectivity index (χ2v) is 10.1. The number of hydrogen-bond donors (Lipinski definition) is 2. The number of phenolic OH excluding ortho intramolecular Hbond substituents is 1. The van der Waals surface area contributed by atoms with Crippen LogP contribution in [0.4, 0.5) is 0 Å². The van der Waals surface area contributed by atoms with Crippen LogP contribution in [-0.2, 0) is 9.84 Å². The Morgan fingerprint density at radius 3 is 2.44 bits per heavy atom. The molecule has 0 spiro atoms. The molecule has 2 aromatic carbocycles. The van der Waals surface area contributed by atoms with Gasteiger partial charge in [-0.05, 0) is 68.0 Å². The molecule has 1 aliphatic rings. The maximum Gasteiger partial charge on any atom is 0.349 e. The Kier molecular flexibility index (Phi) is 5.64. The van der Waals surface area contributed by atoms with Gasteiger partial charge in [0.15, 0.2) is 9.84 Å². The highest BCUT2D eigenvalue weighted by Crippen LogP contribution is 2.36. The molecule has 1 aliphatic carbocycles. The van der Waals surface area contributed by atoms with Crippen LogP contribution in [0.1, 0.15) is 30.4 Å². The Morgan fingerprint density at radius 2 is 1.84 bits per heavy atom. The smallest absolute Gasteiger partial charge is 0.349 e. The molecule has 0 amide bonds. The normalized spacial score (nSPS) is 14.2. The van der Waals surface area contributed by atoms with Crippen molar-refractivity contribution in [3.63, 3.8) is 0 Å². The summed E-state index contributed by atoms with van der Waals surface area (Å²) >= 11 is 0. The lowest BCUT2D eigenvalue weighted by Crippen LogP contribution is -2.30. The second-order valence-electron chi connectivity index (χ2n) is 8.07. The zero-order chi connectivity index (χ0) is 23.0. The van der Waals surface area contributed by atoms with Gasteiger partial charge in [0.2, 0.25) is 0 Å². The summed E-state index contributed by atoms with van der Waals surface area (Å²) in [5.74, 6) is 0.597. The molecule has 4 rings (SSSR count). The standard InChI is InChI=1S/C22H23N3O6S/c1-13-8-16(25-22(28)24-20(27)11-23-25)9-14(2)21(13)31-17-6-7-18(26)19(10-17)32(29,30)12-15-4-3-5-15/h6-11,15,26H,3-5,12H2,1-2H3,(H,24,27,28). The van der Waals surface area contributed by atoms with Gasteiger partial charge in [0, 0.05) is 6.07 Å². The Morgan fingerprint density at radius 1 is 1.16 bits per heavy atom. The maximum atomic E-state index is 12.8. The van der Waals surface area contributed by atoms with E-state index in [0.29, 0.717) is 22.6 Å². The Bertz CT molecular complexity index is 1380. The van der Waals surface area contributed by atoms with Gasteiger partial charge in [-0.25, -0.2) is 13.2 Å². The Labute approximate surface area is 184 Å². The summed E-state index contributed by atoms with van der Waals surface area (Å²) in [5.41, 5.74) is 0.543. The van der Waals surface area contributed by atoms with Crippen molar-refractivity contribution in [2.24, 2.45) is 5.92 Å². The van der Waals surface area contributed by atoms with Crippen molar-refractivity contribution in [3.05, 3.63) is 68.5 Å². The molecular weight excluding hydrogens is 434 g/mol. The van der Waals surface area contributed by atoms with Crippen molar-refractivity contribution in [1.82, 2.24) is 14.8 Å². The summed E-state index contributed by atoms with van der Waals surface area (Å²) in [5, 5.41) is 14.0. The minimum atomic E-state index is -3.64. The summed E-state index contributed by atoms with van der Waals surface area (Å²) < 4.78 is 32.6. The van der Waals surface area contributed by atoms with E-state index in [-0.39, 0.29) is 28.1 Å². The molecule has 32 heavy (non-hydrogen) atoms. The van der Waals surface area contributed by atoms with Gasteiger partial charge in [-0.15, -0.1) is 0 Å². The molecule has 10 heteroatoms. The van der Waals surface area contributed by atoms with Crippen molar-refractivity contribution < 1.29 is 18.3 Å². The molecule has 1 saturated carbocycles. The molecule has 0 unspecified atom stereocenters. The van der Waals surface area contributed by atoms with E-state index in [0.717, 1.165) is 30.1 Å². The van der Waals surface area contributed by atoms with E-state index in [9.17, 15) is 23.1 Å². The number of H-pyrrole nitrogens is 1. The van der Waals surface area contributed by atoms with E-state index in [1.807, 2.05) is 0 Å². The summed E-state index contributed by atoms with van der Waals surface area (Å²) in [7, 11) is -3.64. The first-order valence-corrected chi connectivity index (χ1v) is 11.8. The van der Waals surface area contributed by atoms with Gasteiger partial charge in [-0.1, -0.05) is 6.42 Å². The fraction of sp³-hybridized carbons (Fsp3) is 0.318. The molecular formula is C22H23N3O6S. The van der Waals surface area contributed by atoms with E-state index in [1.54, 1.807) is 26.0 Å². The van der Waals surface area contributed by atoms with Gasteiger partial charge in [-0.2, -0.15) is 9.78 Å². The zero-order valence-corrected chi connectivity index (χ0v) is 18.5. The first-order chi connectivity index (χ1) is 15.1. The molecule has 0 bridgehead atoms. The molecule has 9 nitrogen and oxygen atoms in total. The Balaban J connectivity index is 1.66. The number of nitrogens with one attached hydrogen (secondary N) is 1. The molecule has 1 aromatic heterocycles. The van der Waals surface area contributed by atoms with Crippen LogP contribution in [-0.4, -0.2) is 34.0 Å². The van der Waals surface area contributed by atoms with Crippen molar-refractivity contribution in [2.75, 3.05) is 5.75 Å². The number of benzene rings is 2. The van der Waals surface area contributed by atoms with Crippen LogP contribution in [0.5, 0.6) is 17.2 Å². The largest absolute Gasteiger partial charge is 0.507 e. The molecule has 0 radical (unpaired) electrons. The van der Waals surface area contributed by atoms with Gasteiger partial charge in [-0.3, -0.25) is 9.78 Å². The van der Waals surface area contributed by atoms with Crippen LogP contribution < -0.4 is 16.0 Å². The van der Waals surface area contributed by atoms with Gasteiger partial charge in [0.25, 0.3) is 5.56 Å². The summed E-state index contributed by atoms with van der Waals surface area (Å²) in [4.78, 5) is 25.3. The quantitative estimate of drug-likeness (QED) is 0.582. The van der Waals surface area contributed by atoms with Crippen molar-refractivity contribution >= 4 is 9.84 Å². The van der Waals surface area contributed by atoms with E-state index in [1.165, 1.54) is 18.2 Å². The van der Waals surface area contributed by atoms with Gasteiger partial charge >= 0.3 is 5.69 Å². The molecule has 0 atom stereocenters. The lowest BCUT2D eigenvalue weighted by Gasteiger charge is -2.25. The third-order valence-electron chi connectivity index (χ3n) is 5.57. The minimum absolute atomic E-state index is 0.0116. The number of ether oxygens (including phenoxy) is 1. The number of rotatable bonds is 6. The third-order valence-corrected chi connectivity index (χ3v) is 7.48. The number of hydrogen-bond acceptors (Lipinski definition) is 7. The highest BCUT2D eigenvalue weighted by atomic mass is 32.2. The van der Waals surface area contributed by atoms with Crippen LogP contribution in [0.2, 0.25) is 0 Å².